The smallest absolute Gasteiger partial charge is 0.269 e. The number of carbonyl (C=O) groups excluding carboxylic acids is 1. The molecule has 5 rings (SSSR count). The fourth-order valence-corrected chi connectivity index (χ4v) is 5.11. The Balaban J connectivity index is 1.18. The molecule has 28 heavy (non-hydrogen) atoms. The number of aromatic nitrogens is 2. The zero-order valence-corrected chi connectivity index (χ0v) is 16.3. The van der Waals surface area contributed by atoms with E-state index in [1.54, 1.807) is 11.6 Å². The summed E-state index contributed by atoms with van der Waals surface area (Å²) in [5.74, 6) is 0.284. The Hall–Kier alpha value is -2.18. The monoisotopic (exact) mass is 380 g/mol. The van der Waals surface area contributed by atoms with Crippen molar-refractivity contribution < 1.29 is 9.53 Å². The molecule has 1 aromatic heterocycles. The van der Waals surface area contributed by atoms with Gasteiger partial charge in [0.25, 0.3) is 5.91 Å². The molecule has 0 bridgehead atoms. The third kappa shape index (κ3) is 3.35. The van der Waals surface area contributed by atoms with E-state index in [1.807, 2.05) is 4.68 Å². The molecule has 0 radical (unpaired) electrons. The molecule has 1 saturated heterocycles. The van der Waals surface area contributed by atoms with E-state index in [0.717, 1.165) is 44.1 Å². The minimum Gasteiger partial charge on any atom is -0.367 e. The Morgan fingerprint density at radius 1 is 1.25 bits per heavy atom. The van der Waals surface area contributed by atoms with Gasteiger partial charge in [0, 0.05) is 19.6 Å². The van der Waals surface area contributed by atoms with Gasteiger partial charge in [-0.05, 0) is 55.2 Å². The van der Waals surface area contributed by atoms with Crippen molar-refractivity contribution in [3.8, 4) is 0 Å². The highest BCUT2D eigenvalue weighted by Crippen LogP contribution is 2.34. The number of hydrogen-bond donors (Lipinski definition) is 1. The van der Waals surface area contributed by atoms with Crippen LogP contribution < -0.4 is 5.73 Å². The number of aryl methyl sites for hydroxylation is 1. The average Bonchev–Trinajstić information content (AvgIpc) is 3.13. The zero-order valence-electron chi connectivity index (χ0n) is 16.3. The molecule has 1 aliphatic carbocycles. The highest BCUT2D eigenvalue weighted by atomic mass is 16.5. The molecular formula is C22H28N4O2. The van der Waals surface area contributed by atoms with Crippen LogP contribution in [0.1, 0.15) is 46.6 Å². The second kappa shape index (κ2) is 7.01. The van der Waals surface area contributed by atoms with E-state index in [2.05, 4.69) is 34.3 Å². The fraction of sp³-hybridized carbons (Fsp3) is 0.545. The number of nitrogens with zero attached hydrogens (tertiary/aromatic N) is 3. The van der Waals surface area contributed by atoms with Crippen LogP contribution in [-0.4, -0.2) is 45.8 Å². The third-order valence-electron chi connectivity index (χ3n) is 6.81. The zero-order chi connectivity index (χ0) is 19.1. The van der Waals surface area contributed by atoms with Gasteiger partial charge in [-0.25, -0.2) is 0 Å². The average molecular weight is 380 g/mol. The van der Waals surface area contributed by atoms with Gasteiger partial charge < -0.3 is 15.4 Å². The quantitative estimate of drug-likeness (QED) is 0.886. The summed E-state index contributed by atoms with van der Waals surface area (Å²) >= 11 is 0. The number of ether oxygens (including phenoxy) is 1. The van der Waals surface area contributed by atoms with E-state index in [1.165, 1.54) is 31.4 Å². The molecule has 6 nitrogen and oxygen atoms in total. The lowest BCUT2D eigenvalue weighted by Gasteiger charge is -2.44. The van der Waals surface area contributed by atoms with Crippen molar-refractivity contribution in [2.45, 2.75) is 50.9 Å². The molecule has 1 atom stereocenters. The van der Waals surface area contributed by atoms with Crippen molar-refractivity contribution in [2.24, 2.45) is 11.7 Å². The maximum Gasteiger partial charge on any atom is 0.269 e. The van der Waals surface area contributed by atoms with Crippen LogP contribution in [0.3, 0.4) is 0 Å². The van der Waals surface area contributed by atoms with Crippen LogP contribution in [0, 0.1) is 5.92 Å². The molecule has 3 aliphatic rings. The highest BCUT2D eigenvalue weighted by Gasteiger charge is 2.40. The summed E-state index contributed by atoms with van der Waals surface area (Å²) in [6.07, 6.45) is 5.75. The summed E-state index contributed by atoms with van der Waals surface area (Å²) in [5.41, 5.74) is 9.59. The van der Waals surface area contributed by atoms with Gasteiger partial charge in [0.1, 0.15) is 5.69 Å². The van der Waals surface area contributed by atoms with Gasteiger partial charge in [-0.15, -0.1) is 0 Å². The second-order valence-corrected chi connectivity index (χ2v) is 8.69. The Morgan fingerprint density at radius 3 is 2.82 bits per heavy atom. The van der Waals surface area contributed by atoms with Crippen LogP contribution in [0.25, 0.3) is 0 Å². The van der Waals surface area contributed by atoms with Crippen molar-refractivity contribution in [3.05, 3.63) is 52.8 Å². The normalized spacial score (nSPS) is 23.9. The van der Waals surface area contributed by atoms with Gasteiger partial charge in [0.15, 0.2) is 0 Å². The first-order valence-corrected chi connectivity index (χ1v) is 10.4. The largest absolute Gasteiger partial charge is 0.367 e. The Morgan fingerprint density at radius 2 is 2.04 bits per heavy atom. The molecule has 6 heteroatoms. The highest BCUT2D eigenvalue weighted by molar-refractivity contribution is 5.90. The van der Waals surface area contributed by atoms with Crippen LogP contribution in [0.4, 0.5) is 0 Å². The Bertz CT molecular complexity index is 882. The minimum atomic E-state index is -0.472. The van der Waals surface area contributed by atoms with Gasteiger partial charge in [0.2, 0.25) is 0 Å². The van der Waals surface area contributed by atoms with Crippen LogP contribution in [-0.2, 0) is 30.7 Å². The lowest BCUT2D eigenvalue weighted by molar-refractivity contribution is -0.124. The number of primary amides is 1. The number of fused-ring (bicyclic) bond motifs is 2. The molecule has 2 aromatic rings. The summed E-state index contributed by atoms with van der Waals surface area (Å²) in [6.45, 7) is 4.55. The van der Waals surface area contributed by atoms with Gasteiger partial charge in [-0.2, -0.15) is 5.10 Å². The van der Waals surface area contributed by atoms with E-state index in [4.69, 9.17) is 10.5 Å². The summed E-state index contributed by atoms with van der Waals surface area (Å²) in [5, 5.41) is 4.38. The number of piperidine rings is 1. The molecule has 148 valence electrons. The van der Waals surface area contributed by atoms with Gasteiger partial charge in [0.05, 0.1) is 24.4 Å². The molecule has 1 aromatic carbocycles. The Kier molecular flexibility index (Phi) is 4.48. The van der Waals surface area contributed by atoms with E-state index in [0.29, 0.717) is 12.3 Å². The third-order valence-corrected chi connectivity index (χ3v) is 6.81. The first kappa shape index (κ1) is 17.9. The van der Waals surface area contributed by atoms with Crippen LogP contribution in [0.15, 0.2) is 30.3 Å². The predicted molar refractivity (Wildman–Crippen MR) is 106 cm³/mol. The molecule has 1 unspecified atom stereocenters. The number of hydrogen-bond acceptors (Lipinski definition) is 4. The van der Waals surface area contributed by atoms with Crippen LogP contribution in [0.2, 0.25) is 0 Å². The van der Waals surface area contributed by atoms with E-state index in [9.17, 15) is 4.79 Å². The standard InChI is InChI=1S/C22H28N4O2/c23-21(27)20-12-19-14-28-22(15-26(19)24-20)7-9-25(10-8-22)13-16-5-6-17-3-1-2-4-18(17)11-16/h1-4,12,16H,5-11,13-15H2,(H2,23,27). The summed E-state index contributed by atoms with van der Waals surface area (Å²) in [7, 11) is 0. The molecule has 1 fully saturated rings. The van der Waals surface area contributed by atoms with Crippen molar-refractivity contribution in [1.82, 2.24) is 14.7 Å². The summed E-state index contributed by atoms with van der Waals surface area (Å²) in [6, 6.07) is 10.7. The van der Waals surface area contributed by atoms with Crippen LogP contribution in [0.5, 0.6) is 0 Å². The maximum absolute atomic E-state index is 11.4. The first-order valence-electron chi connectivity index (χ1n) is 10.4. The summed E-state index contributed by atoms with van der Waals surface area (Å²) in [4.78, 5) is 14.0. The number of benzene rings is 1. The molecule has 1 amide bonds. The Labute approximate surface area is 165 Å². The van der Waals surface area contributed by atoms with Gasteiger partial charge in [-0.1, -0.05) is 24.3 Å². The van der Waals surface area contributed by atoms with E-state index >= 15 is 0 Å². The lowest BCUT2D eigenvalue weighted by atomic mass is 9.83. The van der Waals surface area contributed by atoms with E-state index < -0.39 is 5.91 Å². The van der Waals surface area contributed by atoms with Crippen LogP contribution >= 0.6 is 0 Å². The SMILES string of the molecule is NC(=O)c1cc2n(n1)CC1(CCN(CC3CCc4ccccc4C3)CC1)OC2. The molecular weight excluding hydrogens is 352 g/mol. The predicted octanol–water partition coefficient (Wildman–Crippen LogP) is 2.15. The maximum atomic E-state index is 11.4. The number of nitrogens with two attached hydrogens (primary N) is 1. The number of carbonyl (C=O) groups is 1. The fourth-order valence-electron chi connectivity index (χ4n) is 5.11. The number of rotatable bonds is 3. The molecule has 2 aliphatic heterocycles. The molecule has 2 N–H and O–H groups in total. The van der Waals surface area contributed by atoms with Crippen molar-refractivity contribution >= 4 is 5.91 Å². The van der Waals surface area contributed by atoms with E-state index in [-0.39, 0.29) is 5.60 Å². The first-order chi connectivity index (χ1) is 13.6. The van der Waals surface area contributed by atoms with Crippen molar-refractivity contribution in [2.75, 3.05) is 19.6 Å². The van der Waals surface area contributed by atoms with Crippen molar-refractivity contribution in [1.29, 1.82) is 0 Å². The molecule has 1 spiro atoms. The number of likely N-dealkylation sites (tertiary alicyclic amines) is 1. The minimum absolute atomic E-state index is 0.149. The summed E-state index contributed by atoms with van der Waals surface area (Å²) < 4.78 is 8.20. The molecule has 3 heterocycles. The number of amides is 1. The lowest BCUT2D eigenvalue weighted by Crippen LogP contribution is -2.51. The van der Waals surface area contributed by atoms with Gasteiger partial charge >= 0.3 is 0 Å². The van der Waals surface area contributed by atoms with Crippen molar-refractivity contribution in [3.63, 3.8) is 0 Å². The molecule has 0 saturated carbocycles. The second-order valence-electron chi connectivity index (χ2n) is 8.69. The topological polar surface area (TPSA) is 73.4 Å². The van der Waals surface area contributed by atoms with Gasteiger partial charge in [-0.3, -0.25) is 9.48 Å².